The van der Waals surface area contributed by atoms with Crippen LogP contribution in [-0.4, -0.2) is 29.8 Å². The number of aryl methyl sites for hydroxylation is 1. The van der Waals surface area contributed by atoms with Crippen molar-refractivity contribution < 1.29 is 5.11 Å². The van der Waals surface area contributed by atoms with Crippen molar-refractivity contribution >= 4 is 11.5 Å². The first-order valence-corrected chi connectivity index (χ1v) is 5.13. The van der Waals surface area contributed by atoms with Crippen molar-refractivity contribution in [3.05, 3.63) is 17.8 Å². The van der Waals surface area contributed by atoms with Crippen molar-refractivity contribution in [1.29, 1.82) is 0 Å². The summed E-state index contributed by atoms with van der Waals surface area (Å²) < 4.78 is 0. The molecule has 4 heteroatoms. The zero-order chi connectivity index (χ0) is 11.4. The first kappa shape index (κ1) is 11.8. The second kappa shape index (κ2) is 4.98. The van der Waals surface area contributed by atoms with E-state index in [4.69, 9.17) is 5.73 Å². The van der Waals surface area contributed by atoms with E-state index >= 15 is 0 Å². The van der Waals surface area contributed by atoms with Gasteiger partial charge in [-0.25, -0.2) is 4.98 Å². The van der Waals surface area contributed by atoms with E-state index in [9.17, 15) is 5.11 Å². The number of nitrogens with two attached hydrogens (primary N) is 1. The highest BCUT2D eigenvalue weighted by molar-refractivity contribution is 5.49. The van der Waals surface area contributed by atoms with Gasteiger partial charge >= 0.3 is 0 Å². The van der Waals surface area contributed by atoms with E-state index in [1.807, 2.05) is 31.0 Å². The second-order valence-electron chi connectivity index (χ2n) is 3.90. The highest BCUT2D eigenvalue weighted by Crippen LogP contribution is 2.15. The molecule has 1 heterocycles. The summed E-state index contributed by atoms with van der Waals surface area (Å²) in [6.45, 7) is 4.46. The molecule has 3 N–H and O–H groups in total. The molecular formula is C11H19N3O. The Hall–Kier alpha value is -1.29. The molecule has 0 fully saturated rings. The van der Waals surface area contributed by atoms with Gasteiger partial charge in [0.25, 0.3) is 0 Å². The van der Waals surface area contributed by atoms with E-state index in [-0.39, 0.29) is 6.10 Å². The molecule has 1 aromatic rings. The lowest BCUT2D eigenvalue weighted by Crippen LogP contribution is -2.23. The zero-order valence-corrected chi connectivity index (χ0v) is 9.57. The third kappa shape index (κ3) is 3.40. The Morgan fingerprint density at radius 3 is 2.73 bits per heavy atom. The lowest BCUT2D eigenvalue weighted by molar-refractivity contribution is 0.187. The summed E-state index contributed by atoms with van der Waals surface area (Å²) in [7, 11) is 1.96. The van der Waals surface area contributed by atoms with Crippen LogP contribution in [0, 0.1) is 6.92 Å². The summed E-state index contributed by atoms with van der Waals surface area (Å²) in [6, 6.07) is 3.75. The molecule has 15 heavy (non-hydrogen) atoms. The summed E-state index contributed by atoms with van der Waals surface area (Å²) >= 11 is 0. The summed E-state index contributed by atoms with van der Waals surface area (Å²) in [5.41, 5.74) is 7.24. The van der Waals surface area contributed by atoms with E-state index < -0.39 is 0 Å². The van der Waals surface area contributed by atoms with E-state index in [2.05, 4.69) is 4.98 Å². The highest BCUT2D eigenvalue weighted by atomic mass is 16.3. The lowest BCUT2D eigenvalue weighted by Gasteiger charge is -2.19. The molecule has 1 unspecified atom stereocenters. The number of aliphatic hydroxyl groups is 1. The molecule has 1 atom stereocenters. The normalized spacial score (nSPS) is 12.5. The summed E-state index contributed by atoms with van der Waals surface area (Å²) in [5, 5.41) is 9.18. The Bertz CT molecular complexity index is 326. The van der Waals surface area contributed by atoms with Crippen LogP contribution >= 0.6 is 0 Å². The smallest absolute Gasteiger partial charge is 0.128 e. The average Bonchev–Trinajstić information content (AvgIpc) is 2.18. The second-order valence-corrected chi connectivity index (χ2v) is 3.90. The standard InChI is InChI=1S/C11H19N3O/c1-8(15)6-7-14(3)11-5-4-10(12)9(2)13-11/h4-5,8,15H,6-7,12H2,1-3H3. The third-order valence-corrected chi connectivity index (χ3v) is 2.39. The quantitative estimate of drug-likeness (QED) is 0.781. The summed E-state index contributed by atoms with van der Waals surface area (Å²) in [6.07, 6.45) is 0.462. The minimum atomic E-state index is -0.276. The van der Waals surface area contributed by atoms with Crippen molar-refractivity contribution in [1.82, 2.24) is 4.98 Å². The van der Waals surface area contributed by atoms with Crippen LogP contribution in [0.5, 0.6) is 0 Å². The van der Waals surface area contributed by atoms with Gasteiger partial charge in [0, 0.05) is 13.6 Å². The van der Waals surface area contributed by atoms with Crippen LogP contribution < -0.4 is 10.6 Å². The van der Waals surface area contributed by atoms with E-state index in [0.717, 1.165) is 24.5 Å². The van der Waals surface area contributed by atoms with Gasteiger partial charge in [-0.2, -0.15) is 0 Å². The van der Waals surface area contributed by atoms with Crippen molar-refractivity contribution in [2.75, 3.05) is 24.2 Å². The number of rotatable bonds is 4. The number of hydrogen-bond donors (Lipinski definition) is 2. The Morgan fingerprint density at radius 1 is 1.53 bits per heavy atom. The van der Waals surface area contributed by atoms with Gasteiger partial charge in [0.1, 0.15) is 5.82 Å². The molecule has 4 nitrogen and oxygen atoms in total. The Kier molecular flexibility index (Phi) is 3.91. The Balaban J connectivity index is 2.65. The maximum Gasteiger partial charge on any atom is 0.128 e. The monoisotopic (exact) mass is 209 g/mol. The van der Waals surface area contributed by atoms with E-state index in [1.54, 1.807) is 6.92 Å². The number of anilines is 2. The van der Waals surface area contributed by atoms with Gasteiger partial charge in [-0.15, -0.1) is 0 Å². The Morgan fingerprint density at radius 2 is 2.20 bits per heavy atom. The van der Waals surface area contributed by atoms with Crippen LogP contribution in [0.3, 0.4) is 0 Å². The highest BCUT2D eigenvalue weighted by Gasteiger charge is 2.05. The molecule has 84 valence electrons. The van der Waals surface area contributed by atoms with Crippen LogP contribution in [0.2, 0.25) is 0 Å². The van der Waals surface area contributed by atoms with Gasteiger partial charge < -0.3 is 15.7 Å². The molecule has 0 saturated carbocycles. The molecule has 0 spiro atoms. The summed E-state index contributed by atoms with van der Waals surface area (Å²) in [4.78, 5) is 6.38. The average molecular weight is 209 g/mol. The number of nitrogens with zero attached hydrogens (tertiary/aromatic N) is 2. The topological polar surface area (TPSA) is 62.4 Å². The molecule has 0 aromatic carbocycles. The minimum absolute atomic E-state index is 0.276. The molecule has 0 bridgehead atoms. The van der Waals surface area contributed by atoms with Crippen LogP contribution in [0.1, 0.15) is 19.0 Å². The molecular weight excluding hydrogens is 190 g/mol. The molecule has 1 rings (SSSR count). The SMILES string of the molecule is Cc1nc(N(C)CCC(C)O)ccc1N. The molecule has 0 saturated heterocycles. The van der Waals surface area contributed by atoms with Crippen LogP contribution in [0.25, 0.3) is 0 Å². The van der Waals surface area contributed by atoms with Gasteiger partial charge in [0.05, 0.1) is 17.5 Å². The predicted molar refractivity (Wildman–Crippen MR) is 63.0 cm³/mol. The molecule has 1 aromatic heterocycles. The number of pyridine rings is 1. The molecule has 0 aliphatic carbocycles. The third-order valence-electron chi connectivity index (χ3n) is 2.39. The predicted octanol–water partition coefficient (Wildman–Crippen LogP) is 1.18. The number of hydrogen-bond acceptors (Lipinski definition) is 4. The molecule has 0 aliphatic heterocycles. The van der Waals surface area contributed by atoms with E-state index in [0.29, 0.717) is 5.69 Å². The lowest BCUT2D eigenvalue weighted by atomic mass is 10.2. The van der Waals surface area contributed by atoms with Gasteiger partial charge in [0.2, 0.25) is 0 Å². The number of aromatic nitrogens is 1. The van der Waals surface area contributed by atoms with Gasteiger partial charge in [0.15, 0.2) is 0 Å². The van der Waals surface area contributed by atoms with Crippen molar-refractivity contribution in [3.8, 4) is 0 Å². The van der Waals surface area contributed by atoms with Crippen LogP contribution in [-0.2, 0) is 0 Å². The molecule has 0 radical (unpaired) electrons. The van der Waals surface area contributed by atoms with Gasteiger partial charge in [-0.3, -0.25) is 0 Å². The van der Waals surface area contributed by atoms with Crippen molar-refractivity contribution in [2.45, 2.75) is 26.4 Å². The Labute approximate surface area is 90.7 Å². The minimum Gasteiger partial charge on any atom is -0.397 e. The van der Waals surface area contributed by atoms with E-state index in [1.165, 1.54) is 0 Å². The largest absolute Gasteiger partial charge is 0.397 e. The summed E-state index contributed by atoms with van der Waals surface area (Å²) in [5.74, 6) is 0.891. The number of nitrogen functional groups attached to an aromatic ring is 1. The molecule has 0 amide bonds. The maximum atomic E-state index is 9.18. The first-order chi connectivity index (χ1) is 7.00. The fourth-order valence-electron chi connectivity index (χ4n) is 1.27. The van der Waals surface area contributed by atoms with Gasteiger partial charge in [-0.05, 0) is 32.4 Å². The number of aliphatic hydroxyl groups excluding tert-OH is 1. The zero-order valence-electron chi connectivity index (χ0n) is 9.57. The fourth-order valence-corrected chi connectivity index (χ4v) is 1.27. The first-order valence-electron chi connectivity index (χ1n) is 5.13. The fraction of sp³-hybridized carbons (Fsp3) is 0.545. The maximum absolute atomic E-state index is 9.18. The van der Waals surface area contributed by atoms with Crippen LogP contribution in [0.15, 0.2) is 12.1 Å². The van der Waals surface area contributed by atoms with Crippen molar-refractivity contribution in [3.63, 3.8) is 0 Å². The molecule has 0 aliphatic rings. The van der Waals surface area contributed by atoms with Gasteiger partial charge in [-0.1, -0.05) is 0 Å². The van der Waals surface area contributed by atoms with Crippen molar-refractivity contribution in [2.24, 2.45) is 0 Å². The van der Waals surface area contributed by atoms with Crippen LogP contribution in [0.4, 0.5) is 11.5 Å².